The third kappa shape index (κ3) is 3.03. The lowest BCUT2D eigenvalue weighted by atomic mass is 9.91. The van der Waals surface area contributed by atoms with Gasteiger partial charge in [-0.3, -0.25) is 0 Å². The average Bonchev–Trinajstić information content (AvgIpc) is 2.65. The molecule has 0 amide bonds. The van der Waals surface area contributed by atoms with Gasteiger partial charge in [0.15, 0.2) is 0 Å². The van der Waals surface area contributed by atoms with Crippen molar-refractivity contribution in [3.8, 4) is 0 Å². The largest absolute Gasteiger partial charge is 0.390 e. The van der Waals surface area contributed by atoms with E-state index in [1.54, 1.807) is 0 Å². The van der Waals surface area contributed by atoms with E-state index < -0.39 is 12.2 Å². The van der Waals surface area contributed by atoms with Crippen molar-refractivity contribution >= 4 is 27.3 Å². The molecule has 2 atom stereocenters. The number of thiophene rings is 1. The highest BCUT2D eigenvalue weighted by molar-refractivity contribution is 9.10. The first-order valence-electron chi connectivity index (χ1n) is 5.19. The van der Waals surface area contributed by atoms with Crippen molar-refractivity contribution < 1.29 is 10.2 Å². The Kier molecular flexibility index (Phi) is 5.26. The molecule has 0 saturated carbocycles. The van der Waals surface area contributed by atoms with E-state index >= 15 is 0 Å². The smallest absolute Gasteiger partial charge is 0.107 e. The van der Waals surface area contributed by atoms with Crippen molar-refractivity contribution in [2.45, 2.75) is 38.9 Å². The third-order valence-electron chi connectivity index (χ3n) is 2.82. The highest BCUT2D eigenvalue weighted by Gasteiger charge is 2.26. The molecule has 0 aliphatic carbocycles. The summed E-state index contributed by atoms with van der Waals surface area (Å²) in [6, 6.07) is 0. The summed E-state index contributed by atoms with van der Waals surface area (Å²) in [6.07, 6.45) is 0.314. The lowest BCUT2D eigenvalue weighted by molar-refractivity contribution is -0.0210. The third-order valence-corrected chi connectivity index (χ3v) is 4.57. The summed E-state index contributed by atoms with van der Waals surface area (Å²) >= 11 is 4.89. The van der Waals surface area contributed by atoms with Crippen molar-refractivity contribution in [2.75, 3.05) is 0 Å². The highest BCUT2D eigenvalue weighted by Crippen LogP contribution is 2.32. The Morgan fingerprint density at radius 2 is 1.87 bits per heavy atom. The van der Waals surface area contributed by atoms with E-state index in [9.17, 15) is 10.2 Å². The summed E-state index contributed by atoms with van der Waals surface area (Å²) in [5, 5.41) is 23.8. The number of rotatable bonds is 5. The summed E-state index contributed by atoms with van der Waals surface area (Å²) in [5.41, 5.74) is 0.791. The van der Waals surface area contributed by atoms with Crippen LogP contribution in [-0.2, 0) is 0 Å². The number of hydrogen-bond acceptors (Lipinski definition) is 3. The Morgan fingerprint density at radius 1 is 1.27 bits per heavy atom. The van der Waals surface area contributed by atoms with Gasteiger partial charge >= 0.3 is 0 Å². The van der Waals surface area contributed by atoms with E-state index in [1.165, 1.54) is 11.3 Å². The van der Waals surface area contributed by atoms with Crippen molar-refractivity contribution in [3.63, 3.8) is 0 Å². The minimum absolute atomic E-state index is 0.159. The van der Waals surface area contributed by atoms with Crippen LogP contribution in [0.5, 0.6) is 0 Å². The van der Waals surface area contributed by atoms with Gasteiger partial charge in [-0.05, 0) is 27.2 Å². The number of hydrogen-bond donors (Lipinski definition) is 2. The maximum atomic E-state index is 10.0. The van der Waals surface area contributed by atoms with E-state index in [0.717, 1.165) is 22.9 Å². The summed E-state index contributed by atoms with van der Waals surface area (Å²) in [4.78, 5) is 0. The van der Waals surface area contributed by atoms with Crippen molar-refractivity contribution in [1.29, 1.82) is 0 Å². The van der Waals surface area contributed by atoms with Crippen LogP contribution in [-0.4, -0.2) is 16.3 Å². The molecule has 2 N–H and O–H groups in total. The van der Waals surface area contributed by atoms with Crippen LogP contribution < -0.4 is 0 Å². The molecule has 1 heterocycles. The molecule has 0 fully saturated rings. The van der Waals surface area contributed by atoms with Crippen LogP contribution in [0.2, 0.25) is 0 Å². The molecule has 0 aliphatic rings. The molecular formula is C11H17BrO2S. The molecule has 2 nitrogen and oxygen atoms in total. The van der Waals surface area contributed by atoms with Crippen molar-refractivity contribution in [2.24, 2.45) is 5.92 Å². The second-order valence-corrected chi connectivity index (χ2v) is 5.28. The Morgan fingerprint density at radius 3 is 2.27 bits per heavy atom. The second-order valence-electron chi connectivity index (χ2n) is 3.69. The predicted octanol–water partition coefficient (Wildman–Crippen LogP) is 3.34. The van der Waals surface area contributed by atoms with Crippen LogP contribution in [0.3, 0.4) is 0 Å². The standard InChI is InChI=1S/C11H17BrO2S/c1-3-7(4-2)10(13)11(14)8-5-15-6-9(8)12/h5-7,10-11,13-14H,3-4H2,1-2H3. The Hall–Kier alpha value is 0.100. The topological polar surface area (TPSA) is 40.5 Å². The molecule has 0 aromatic carbocycles. The summed E-state index contributed by atoms with van der Waals surface area (Å²) in [7, 11) is 0. The Labute approximate surface area is 103 Å². The van der Waals surface area contributed by atoms with Crippen molar-refractivity contribution in [1.82, 2.24) is 0 Å². The molecular weight excluding hydrogens is 276 g/mol. The predicted molar refractivity (Wildman–Crippen MR) is 67.1 cm³/mol. The fourth-order valence-corrected chi connectivity index (χ4v) is 3.28. The Bertz CT molecular complexity index is 297. The molecule has 0 aliphatic heterocycles. The van der Waals surface area contributed by atoms with Crippen LogP contribution >= 0.6 is 27.3 Å². The lowest BCUT2D eigenvalue weighted by Crippen LogP contribution is -2.26. The molecule has 15 heavy (non-hydrogen) atoms. The maximum absolute atomic E-state index is 10.0. The minimum atomic E-state index is -0.782. The fraction of sp³-hybridized carbons (Fsp3) is 0.636. The average molecular weight is 293 g/mol. The van der Waals surface area contributed by atoms with E-state index in [2.05, 4.69) is 15.9 Å². The normalized spacial score (nSPS) is 15.6. The molecule has 0 saturated heterocycles. The molecule has 0 bridgehead atoms. The van der Waals surface area contributed by atoms with Gasteiger partial charge in [0, 0.05) is 15.4 Å². The first kappa shape index (κ1) is 13.2. The number of aliphatic hydroxyl groups is 2. The van der Waals surface area contributed by atoms with Gasteiger partial charge in [0.1, 0.15) is 6.10 Å². The van der Waals surface area contributed by atoms with E-state index in [0.29, 0.717) is 0 Å². The molecule has 86 valence electrons. The number of halogens is 1. The molecule has 1 rings (SSSR count). The van der Waals surface area contributed by atoms with Gasteiger partial charge < -0.3 is 10.2 Å². The molecule has 0 radical (unpaired) electrons. The zero-order chi connectivity index (χ0) is 11.4. The lowest BCUT2D eigenvalue weighted by Gasteiger charge is -2.24. The zero-order valence-electron chi connectivity index (χ0n) is 8.98. The Balaban J connectivity index is 2.76. The van der Waals surface area contributed by atoms with Crippen molar-refractivity contribution in [3.05, 3.63) is 20.8 Å². The minimum Gasteiger partial charge on any atom is -0.390 e. The molecule has 1 aromatic rings. The van der Waals surface area contributed by atoms with Gasteiger partial charge in [-0.2, -0.15) is 11.3 Å². The van der Waals surface area contributed by atoms with Crippen LogP contribution in [0.15, 0.2) is 15.2 Å². The van der Waals surface area contributed by atoms with Gasteiger partial charge in [0.2, 0.25) is 0 Å². The van der Waals surface area contributed by atoms with Gasteiger partial charge in [-0.1, -0.05) is 26.7 Å². The van der Waals surface area contributed by atoms with Gasteiger partial charge in [-0.15, -0.1) is 0 Å². The van der Waals surface area contributed by atoms with Crippen LogP contribution in [0, 0.1) is 5.92 Å². The monoisotopic (exact) mass is 292 g/mol. The maximum Gasteiger partial charge on any atom is 0.107 e. The fourth-order valence-electron chi connectivity index (χ4n) is 1.72. The first-order chi connectivity index (χ1) is 7.11. The van der Waals surface area contributed by atoms with Gasteiger partial charge in [0.05, 0.1) is 6.10 Å². The van der Waals surface area contributed by atoms with Gasteiger partial charge in [-0.25, -0.2) is 0 Å². The first-order valence-corrected chi connectivity index (χ1v) is 6.93. The molecule has 2 unspecified atom stereocenters. The van der Waals surface area contributed by atoms with E-state index in [-0.39, 0.29) is 5.92 Å². The van der Waals surface area contributed by atoms with Crippen LogP contribution in [0.1, 0.15) is 38.4 Å². The molecule has 0 spiro atoms. The zero-order valence-corrected chi connectivity index (χ0v) is 11.4. The number of aliphatic hydroxyl groups excluding tert-OH is 2. The molecule has 1 aromatic heterocycles. The summed E-state index contributed by atoms with van der Waals surface area (Å²) in [6.45, 7) is 4.07. The van der Waals surface area contributed by atoms with Crippen LogP contribution in [0.4, 0.5) is 0 Å². The SMILES string of the molecule is CCC(CC)C(O)C(O)c1cscc1Br. The quantitative estimate of drug-likeness (QED) is 0.874. The van der Waals surface area contributed by atoms with Gasteiger partial charge in [0.25, 0.3) is 0 Å². The van der Waals surface area contributed by atoms with E-state index in [1.807, 2.05) is 24.6 Å². The highest BCUT2D eigenvalue weighted by atomic mass is 79.9. The summed E-state index contributed by atoms with van der Waals surface area (Å²) < 4.78 is 0.880. The second kappa shape index (κ2) is 5.99. The van der Waals surface area contributed by atoms with Crippen LogP contribution in [0.25, 0.3) is 0 Å². The van der Waals surface area contributed by atoms with E-state index in [4.69, 9.17) is 0 Å². The molecule has 4 heteroatoms. The summed E-state index contributed by atoms with van der Waals surface area (Å²) in [5.74, 6) is 0.159.